The fourth-order valence-corrected chi connectivity index (χ4v) is 2.98. The van der Waals surface area contributed by atoms with Gasteiger partial charge in [-0.25, -0.2) is 0 Å². The number of fused-ring (bicyclic) bond motifs is 1. The van der Waals surface area contributed by atoms with Crippen molar-refractivity contribution in [3.05, 3.63) is 30.1 Å². The minimum Gasteiger partial charge on any atom is -0.485 e. The third kappa shape index (κ3) is 3.20. The Bertz CT molecular complexity index is 632. The zero-order chi connectivity index (χ0) is 15.4. The Morgan fingerprint density at radius 3 is 2.95 bits per heavy atom. The molecule has 0 fully saturated rings. The third-order valence-electron chi connectivity index (χ3n) is 3.33. The van der Waals surface area contributed by atoms with E-state index >= 15 is 0 Å². The van der Waals surface area contributed by atoms with Crippen LogP contribution in [-0.2, 0) is 11.8 Å². The highest BCUT2D eigenvalue weighted by Gasteiger charge is 2.27. The van der Waals surface area contributed by atoms with Crippen molar-refractivity contribution in [3.8, 4) is 11.5 Å². The van der Waals surface area contributed by atoms with Gasteiger partial charge in [-0.15, -0.1) is 10.2 Å². The van der Waals surface area contributed by atoms with Crippen LogP contribution in [-0.4, -0.2) is 40.3 Å². The lowest BCUT2D eigenvalue weighted by atomic mass is 10.2. The summed E-state index contributed by atoms with van der Waals surface area (Å²) in [5.41, 5.74) is 0. The summed E-state index contributed by atoms with van der Waals surface area (Å²) in [7, 11) is 1.95. The Balaban J connectivity index is 1.67. The van der Waals surface area contributed by atoms with Crippen molar-refractivity contribution in [1.29, 1.82) is 0 Å². The number of rotatable bonds is 6. The number of hydrogen-bond donors (Lipinski definition) is 0. The van der Waals surface area contributed by atoms with Crippen LogP contribution in [0.4, 0.5) is 0 Å². The molecule has 0 aliphatic carbocycles. The number of aromatic nitrogens is 3. The molecule has 1 atom stereocenters. The van der Waals surface area contributed by atoms with Crippen LogP contribution < -0.4 is 9.47 Å². The molecule has 0 spiro atoms. The summed E-state index contributed by atoms with van der Waals surface area (Å²) in [5, 5.41) is 9.35. The Morgan fingerprint density at radius 1 is 1.32 bits per heavy atom. The van der Waals surface area contributed by atoms with Crippen LogP contribution >= 0.6 is 11.8 Å². The van der Waals surface area contributed by atoms with Crippen molar-refractivity contribution in [2.24, 2.45) is 7.05 Å². The lowest BCUT2D eigenvalue weighted by molar-refractivity contribution is 0.0825. The highest BCUT2D eigenvalue weighted by atomic mass is 32.2. The lowest BCUT2D eigenvalue weighted by Gasteiger charge is -2.25. The number of ether oxygens (including phenoxy) is 3. The summed E-state index contributed by atoms with van der Waals surface area (Å²) < 4.78 is 19.0. The van der Waals surface area contributed by atoms with E-state index in [1.54, 1.807) is 11.8 Å². The molecule has 0 saturated carbocycles. The van der Waals surface area contributed by atoms with Crippen LogP contribution in [0.2, 0.25) is 0 Å². The van der Waals surface area contributed by atoms with Gasteiger partial charge in [0.15, 0.2) is 28.6 Å². The molecule has 1 unspecified atom stereocenters. The van der Waals surface area contributed by atoms with Crippen molar-refractivity contribution in [2.45, 2.75) is 18.2 Å². The van der Waals surface area contributed by atoms with E-state index in [2.05, 4.69) is 10.2 Å². The molecular weight excluding hydrogens is 302 g/mol. The molecule has 7 heteroatoms. The quantitative estimate of drug-likeness (QED) is 0.602. The molecule has 0 radical (unpaired) electrons. The van der Waals surface area contributed by atoms with Crippen LogP contribution in [0.15, 0.2) is 29.4 Å². The van der Waals surface area contributed by atoms with Gasteiger partial charge in [0, 0.05) is 19.4 Å². The predicted molar refractivity (Wildman–Crippen MR) is 83.5 cm³/mol. The van der Waals surface area contributed by atoms with E-state index in [0.717, 1.165) is 34.8 Å². The largest absolute Gasteiger partial charge is 0.485 e. The van der Waals surface area contributed by atoms with Gasteiger partial charge in [-0.1, -0.05) is 23.9 Å². The zero-order valence-electron chi connectivity index (χ0n) is 12.7. The SMILES string of the molecule is CCOCCSc1nnc(C2COc3ccccc3O2)n1C. The molecule has 3 rings (SSSR count). The summed E-state index contributed by atoms with van der Waals surface area (Å²) in [6.07, 6.45) is -0.242. The first-order valence-corrected chi connectivity index (χ1v) is 8.26. The molecule has 1 aliphatic rings. The fraction of sp³-hybridized carbons (Fsp3) is 0.467. The van der Waals surface area contributed by atoms with Gasteiger partial charge in [0.25, 0.3) is 0 Å². The van der Waals surface area contributed by atoms with Crippen LogP contribution in [0, 0.1) is 0 Å². The monoisotopic (exact) mass is 321 g/mol. The van der Waals surface area contributed by atoms with Crippen LogP contribution in [0.1, 0.15) is 18.9 Å². The van der Waals surface area contributed by atoms with E-state index in [9.17, 15) is 0 Å². The molecule has 118 valence electrons. The Labute approximate surface area is 133 Å². The summed E-state index contributed by atoms with van der Waals surface area (Å²) >= 11 is 1.63. The predicted octanol–water partition coefficient (Wildman–Crippen LogP) is 2.46. The average molecular weight is 321 g/mol. The fourth-order valence-electron chi connectivity index (χ4n) is 2.22. The minimum atomic E-state index is -0.242. The lowest BCUT2D eigenvalue weighted by Crippen LogP contribution is -2.24. The molecule has 22 heavy (non-hydrogen) atoms. The van der Waals surface area contributed by atoms with Gasteiger partial charge in [0.2, 0.25) is 0 Å². The van der Waals surface area contributed by atoms with Crippen molar-refractivity contribution in [1.82, 2.24) is 14.8 Å². The van der Waals surface area contributed by atoms with Gasteiger partial charge in [-0.05, 0) is 19.1 Å². The molecule has 0 bridgehead atoms. The molecule has 1 aliphatic heterocycles. The molecule has 0 N–H and O–H groups in total. The van der Waals surface area contributed by atoms with Gasteiger partial charge in [0.1, 0.15) is 6.61 Å². The summed E-state index contributed by atoms with van der Waals surface area (Å²) in [4.78, 5) is 0. The van der Waals surface area contributed by atoms with Crippen molar-refractivity contribution in [2.75, 3.05) is 25.6 Å². The standard InChI is InChI=1S/C15H19N3O3S/c1-3-19-8-9-22-15-17-16-14(18(15)2)13-10-20-11-6-4-5-7-12(11)21-13/h4-7,13H,3,8-10H2,1-2H3. The second-order valence-electron chi connectivity index (χ2n) is 4.81. The van der Waals surface area contributed by atoms with Crippen LogP contribution in [0.25, 0.3) is 0 Å². The summed E-state index contributed by atoms with van der Waals surface area (Å²) in [6, 6.07) is 7.65. The molecular formula is C15H19N3O3S. The number of benzene rings is 1. The number of hydrogen-bond acceptors (Lipinski definition) is 6. The third-order valence-corrected chi connectivity index (χ3v) is 4.31. The van der Waals surface area contributed by atoms with Crippen molar-refractivity contribution in [3.63, 3.8) is 0 Å². The van der Waals surface area contributed by atoms with E-state index < -0.39 is 0 Å². The van der Waals surface area contributed by atoms with E-state index in [0.29, 0.717) is 13.2 Å². The van der Waals surface area contributed by atoms with Crippen LogP contribution in [0.5, 0.6) is 11.5 Å². The average Bonchev–Trinajstić information content (AvgIpc) is 2.92. The Morgan fingerprint density at radius 2 is 2.14 bits per heavy atom. The molecule has 6 nitrogen and oxygen atoms in total. The smallest absolute Gasteiger partial charge is 0.192 e. The van der Waals surface area contributed by atoms with Crippen molar-refractivity contribution >= 4 is 11.8 Å². The number of thioether (sulfide) groups is 1. The molecule has 1 aromatic heterocycles. The van der Waals surface area contributed by atoms with E-state index in [1.165, 1.54) is 0 Å². The first kappa shape index (κ1) is 15.2. The van der Waals surface area contributed by atoms with Gasteiger partial charge in [0.05, 0.1) is 6.61 Å². The number of para-hydroxylation sites is 2. The molecule has 2 aromatic rings. The second-order valence-corrected chi connectivity index (χ2v) is 5.87. The van der Waals surface area contributed by atoms with Gasteiger partial charge in [-0.2, -0.15) is 0 Å². The topological polar surface area (TPSA) is 58.4 Å². The van der Waals surface area contributed by atoms with E-state index in [1.807, 2.05) is 42.8 Å². The molecule has 0 amide bonds. The Hall–Kier alpha value is -1.73. The van der Waals surface area contributed by atoms with E-state index in [-0.39, 0.29) is 6.10 Å². The number of nitrogens with zero attached hydrogens (tertiary/aromatic N) is 3. The highest BCUT2D eigenvalue weighted by molar-refractivity contribution is 7.99. The maximum atomic E-state index is 5.97. The molecule has 2 heterocycles. The second kappa shape index (κ2) is 7.02. The van der Waals surface area contributed by atoms with Gasteiger partial charge >= 0.3 is 0 Å². The molecule has 0 saturated heterocycles. The van der Waals surface area contributed by atoms with Crippen LogP contribution in [0.3, 0.4) is 0 Å². The minimum absolute atomic E-state index is 0.242. The summed E-state index contributed by atoms with van der Waals surface area (Å²) in [5.74, 6) is 3.14. The maximum Gasteiger partial charge on any atom is 0.192 e. The van der Waals surface area contributed by atoms with E-state index in [4.69, 9.17) is 14.2 Å². The van der Waals surface area contributed by atoms with Crippen molar-refractivity contribution < 1.29 is 14.2 Å². The maximum absolute atomic E-state index is 5.97. The van der Waals surface area contributed by atoms with Gasteiger partial charge < -0.3 is 18.8 Å². The molecule has 1 aromatic carbocycles. The Kier molecular flexibility index (Phi) is 4.84. The summed E-state index contributed by atoms with van der Waals surface area (Å²) in [6.45, 7) is 3.87. The van der Waals surface area contributed by atoms with Gasteiger partial charge in [-0.3, -0.25) is 0 Å². The first-order valence-electron chi connectivity index (χ1n) is 7.28. The first-order chi connectivity index (χ1) is 10.8. The normalized spacial score (nSPS) is 16.7. The highest BCUT2D eigenvalue weighted by Crippen LogP contribution is 2.35. The zero-order valence-corrected chi connectivity index (χ0v) is 13.5.